The molecule has 6 rings (SSSR count). The number of aromatic nitrogens is 2. The van der Waals surface area contributed by atoms with E-state index in [4.69, 9.17) is 15.2 Å². The molecule has 0 radical (unpaired) electrons. The summed E-state index contributed by atoms with van der Waals surface area (Å²) in [5.41, 5.74) is 5.42. The fourth-order valence-corrected chi connectivity index (χ4v) is 8.28. The minimum atomic E-state index is -0.640. The number of nitrogens with one attached hydrogen (secondary N) is 1. The zero-order chi connectivity index (χ0) is 31.3. The predicted octanol–water partition coefficient (Wildman–Crippen LogP) is 2.02. The normalized spacial score (nSPS) is 36.5. The average Bonchev–Trinajstić information content (AvgIpc) is 3.39. The SMILES string of the molecule is CC(NC(CC1C2(CCC3[C@]1(C)CC[C@@H](O)[C@@]3(C)CO)CO2)C1=C/C(=C\c2cnc(N)nc2)OC1=O)C(=O)CC1=NCC=N1. The number of Topliss-reactive ketones (excluding diaryl/α,β-unsaturated/α-hetero) is 1. The number of aliphatic hydroxyl groups is 2. The predicted molar refractivity (Wildman–Crippen MR) is 163 cm³/mol. The maximum Gasteiger partial charge on any atom is 0.341 e. The van der Waals surface area contributed by atoms with Crippen LogP contribution in [0.3, 0.4) is 0 Å². The number of rotatable bonds is 10. The van der Waals surface area contributed by atoms with E-state index < -0.39 is 29.6 Å². The number of allylic oxidation sites excluding steroid dienone is 1. The largest absolute Gasteiger partial charge is 0.423 e. The molecule has 1 spiro atoms. The minimum Gasteiger partial charge on any atom is -0.423 e. The molecular formula is C32H42N6O6. The van der Waals surface area contributed by atoms with Crippen molar-refractivity contribution >= 4 is 35.8 Å². The highest BCUT2D eigenvalue weighted by Gasteiger charge is 2.67. The van der Waals surface area contributed by atoms with Gasteiger partial charge in [-0.15, -0.1) is 0 Å². The Morgan fingerprint density at radius 1 is 1.25 bits per heavy atom. The lowest BCUT2D eigenvalue weighted by Crippen LogP contribution is -2.61. The number of nitrogen functional groups attached to an aromatic ring is 1. The van der Waals surface area contributed by atoms with Crippen molar-refractivity contribution in [1.82, 2.24) is 15.3 Å². The van der Waals surface area contributed by atoms with Crippen molar-refractivity contribution in [3.05, 3.63) is 35.4 Å². The Hall–Kier alpha value is -3.32. The van der Waals surface area contributed by atoms with Crippen LogP contribution in [0.25, 0.3) is 6.08 Å². The number of aliphatic hydroxyl groups excluding tert-OH is 2. The van der Waals surface area contributed by atoms with E-state index in [-0.39, 0.29) is 47.6 Å². The van der Waals surface area contributed by atoms with E-state index in [0.717, 1.165) is 19.3 Å². The van der Waals surface area contributed by atoms with Gasteiger partial charge in [0.1, 0.15) is 11.6 Å². The molecule has 0 aromatic carbocycles. The highest BCUT2D eigenvalue weighted by atomic mass is 16.6. The van der Waals surface area contributed by atoms with E-state index in [1.807, 2.05) is 6.92 Å². The van der Waals surface area contributed by atoms with Crippen LogP contribution >= 0.6 is 0 Å². The highest BCUT2D eigenvalue weighted by molar-refractivity contribution is 6.07. The van der Waals surface area contributed by atoms with Gasteiger partial charge in [0.15, 0.2) is 5.78 Å². The number of anilines is 1. The van der Waals surface area contributed by atoms with Crippen LogP contribution in [-0.4, -0.2) is 87.5 Å². The second-order valence-electron chi connectivity index (χ2n) is 13.5. The summed E-state index contributed by atoms with van der Waals surface area (Å²) < 4.78 is 11.9. The van der Waals surface area contributed by atoms with Crippen LogP contribution in [0.4, 0.5) is 5.95 Å². The van der Waals surface area contributed by atoms with Gasteiger partial charge in [-0.25, -0.2) is 19.8 Å². The number of ketones is 1. The van der Waals surface area contributed by atoms with Crippen molar-refractivity contribution in [3.8, 4) is 0 Å². The van der Waals surface area contributed by atoms with E-state index in [1.54, 1.807) is 37.7 Å². The number of carbonyl (C=O) groups excluding carboxylic acids is 2. The number of esters is 1. The Labute approximate surface area is 256 Å². The van der Waals surface area contributed by atoms with Gasteiger partial charge >= 0.3 is 5.97 Å². The number of amidine groups is 1. The number of nitrogens with two attached hydrogens (primary N) is 1. The van der Waals surface area contributed by atoms with Gasteiger partial charge in [-0.1, -0.05) is 13.8 Å². The number of cyclic esters (lactones) is 1. The Morgan fingerprint density at radius 2 is 2.00 bits per heavy atom. The molecule has 1 saturated heterocycles. The van der Waals surface area contributed by atoms with Gasteiger partial charge in [-0.05, 0) is 68.4 Å². The van der Waals surface area contributed by atoms with Crippen LogP contribution in [0, 0.1) is 22.7 Å². The summed E-state index contributed by atoms with van der Waals surface area (Å²) >= 11 is 0. The van der Waals surface area contributed by atoms with Crippen LogP contribution in [0.15, 0.2) is 39.8 Å². The Bertz CT molecular complexity index is 1430. The number of aliphatic imine (C=N–C) groups is 2. The topological polar surface area (TPSA) is 185 Å². The maximum absolute atomic E-state index is 13.4. The van der Waals surface area contributed by atoms with Crippen LogP contribution in [0.2, 0.25) is 0 Å². The molecule has 5 unspecified atom stereocenters. The lowest BCUT2D eigenvalue weighted by molar-refractivity contribution is -0.177. The molecule has 12 heteroatoms. The van der Waals surface area contributed by atoms with Gasteiger partial charge in [0.05, 0.1) is 49.5 Å². The summed E-state index contributed by atoms with van der Waals surface area (Å²) in [7, 11) is 0. The zero-order valence-corrected chi connectivity index (χ0v) is 25.5. The van der Waals surface area contributed by atoms with Gasteiger partial charge in [-0.3, -0.25) is 9.79 Å². The van der Waals surface area contributed by atoms with E-state index in [9.17, 15) is 19.8 Å². The van der Waals surface area contributed by atoms with Crippen molar-refractivity contribution < 1.29 is 29.3 Å². The number of fused-ring (bicyclic) bond motifs is 1. The number of nitrogens with zero attached hydrogens (tertiary/aromatic N) is 4. The van der Waals surface area contributed by atoms with Crippen molar-refractivity contribution in [1.29, 1.82) is 0 Å². The third kappa shape index (κ3) is 5.53. The number of carbonyl (C=O) groups is 2. The zero-order valence-electron chi connectivity index (χ0n) is 25.5. The monoisotopic (exact) mass is 606 g/mol. The summed E-state index contributed by atoms with van der Waals surface area (Å²) in [6.07, 6.45) is 11.2. The fraction of sp³-hybridized carbons (Fsp3) is 0.625. The van der Waals surface area contributed by atoms with Crippen LogP contribution < -0.4 is 11.1 Å². The lowest BCUT2D eigenvalue weighted by Gasteiger charge is -2.61. The molecule has 4 heterocycles. The van der Waals surface area contributed by atoms with Gasteiger partial charge < -0.3 is 30.7 Å². The Balaban J connectivity index is 1.33. The molecule has 1 aromatic rings. The van der Waals surface area contributed by atoms with Crippen molar-refractivity contribution in [2.75, 3.05) is 25.5 Å². The molecule has 1 aromatic heterocycles. The van der Waals surface area contributed by atoms with Gasteiger partial charge in [0.2, 0.25) is 5.95 Å². The van der Waals surface area contributed by atoms with E-state index in [1.165, 1.54) is 0 Å². The first-order chi connectivity index (χ1) is 21.0. The Morgan fingerprint density at radius 3 is 2.66 bits per heavy atom. The summed E-state index contributed by atoms with van der Waals surface area (Å²) in [6.45, 7) is 7.04. The van der Waals surface area contributed by atoms with E-state index in [2.05, 4.69) is 32.2 Å². The molecule has 0 amide bonds. The Kier molecular flexibility index (Phi) is 8.06. The molecule has 2 aliphatic carbocycles. The smallest absolute Gasteiger partial charge is 0.341 e. The second-order valence-corrected chi connectivity index (χ2v) is 13.5. The van der Waals surface area contributed by atoms with Crippen molar-refractivity contribution in [2.24, 2.45) is 32.7 Å². The van der Waals surface area contributed by atoms with Gasteiger partial charge in [0, 0.05) is 35.6 Å². The lowest BCUT2D eigenvalue weighted by atomic mass is 9.44. The summed E-state index contributed by atoms with van der Waals surface area (Å²) in [4.78, 5) is 43.2. The van der Waals surface area contributed by atoms with Crippen molar-refractivity contribution in [2.45, 2.75) is 83.1 Å². The number of hydrogen-bond acceptors (Lipinski definition) is 12. The fourth-order valence-electron chi connectivity index (χ4n) is 8.28. The standard InChI is InChI=1S/C32H42N6O6/c1-18(23(40)13-27-34-8-9-35-27)38-22(21-11-20(44-28(21)42)10-19-14-36-29(33)37-15-19)12-25-30(2)6-5-26(41)31(3,16-39)24(30)4-7-32(25)17-43-32/h8,10-11,14-15,18,22,24-26,38-39,41H,4-7,9,12-13,16-17H2,1-3H3,(H2,33,36,37)/b20-10+/t18?,22?,24?,25?,26-,30+,31+,32?/m1/s1. The van der Waals surface area contributed by atoms with Crippen LogP contribution in [-0.2, 0) is 19.1 Å². The number of epoxide rings is 1. The molecular weight excluding hydrogens is 564 g/mol. The first kappa shape index (κ1) is 30.7. The molecule has 5 aliphatic rings. The quantitative estimate of drug-likeness (QED) is 0.227. The molecule has 3 fully saturated rings. The summed E-state index contributed by atoms with van der Waals surface area (Å²) in [6, 6.07) is -1.12. The maximum atomic E-state index is 13.4. The van der Waals surface area contributed by atoms with Gasteiger partial charge in [0.25, 0.3) is 0 Å². The van der Waals surface area contributed by atoms with Crippen molar-refractivity contribution in [3.63, 3.8) is 0 Å². The molecule has 236 valence electrons. The molecule has 44 heavy (non-hydrogen) atoms. The van der Waals surface area contributed by atoms with E-state index in [0.29, 0.717) is 48.7 Å². The van der Waals surface area contributed by atoms with E-state index >= 15 is 0 Å². The van der Waals surface area contributed by atoms with Crippen LogP contribution in [0.1, 0.15) is 64.9 Å². The molecule has 8 atom stereocenters. The molecule has 0 bridgehead atoms. The van der Waals surface area contributed by atoms with Crippen LogP contribution in [0.5, 0.6) is 0 Å². The average molecular weight is 607 g/mol. The summed E-state index contributed by atoms with van der Waals surface area (Å²) in [5, 5.41) is 25.0. The van der Waals surface area contributed by atoms with Gasteiger partial charge in [-0.2, -0.15) is 0 Å². The third-order valence-corrected chi connectivity index (χ3v) is 10.9. The summed E-state index contributed by atoms with van der Waals surface area (Å²) in [5.74, 6) is 0.498. The second kappa shape index (κ2) is 11.6. The first-order valence-corrected chi connectivity index (χ1v) is 15.5. The molecule has 12 nitrogen and oxygen atoms in total. The number of hydrogen-bond donors (Lipinski definition) is 4. The molecule has 3 aliphatic heterocycles. The third-order valence-electron chi connectivity index (χ3n) is 10.9. The molecule has 2 saturated carbocycles. The molecule has 5 N–H and O–H groups in total. The number of ether oxygens (including phenoxy) is 2. The first-order valence-electron chi connectivity index (χ1n) is 15.5. The minimum absolute atomic E-state index is 0.00274. The highest BCUT2D eigenvalue weighted by Crippen LogP contribution is 2.66.